The highest BCUT2D eigenvalue weighted by Crippen LogP contribution is 2.27. The standard InChI is InChI=1S/C16H10F4N4O2S/c17-14(18)16(19,20)26-10-6-4-9(5-7-10)13(25)23-15-22-12(24-27-15)11-3-1-2-8-21-11/h1-8,14H,(H,22,23,24,25). The van der Waals surface area contributed by atoms with Gasteiger partial charge < -0.3 is 4.74 Å². The van der Waals surface area contributed by atoms with Gasteiger partial charge in [-0.2, -0.15) is 26.9 Å². The molecule has 0 atom stereocenters. The third-order valence-corrected chi connectivity index (χ3v) is 3.80. The van der Waals surface area contributed by atoms with E-state index in [9.17, 15) is 22.4 Å². The number of carbonyl (C=O) groups is 1. The van der Waals surface area contributed by atoms with Crippen molar-refractivity contribution in [3.05, 3.63) is 54.2 Å². The maximum absolute atomic E-state index is 12.9. The average Bonchev–Trinajstić information content (AvgIpc) is 3.11. The predicted molar refractivity (Wildman–Crippen MR) is 89.1 cm³/mol. The van der Waals surface area contributed by atoms with Gasteiger partial charge in [0.05, 0.1) is 0 Å². The minimum atomic E-state index is -4.61. The third-order valence-electron chi connectivity index (χ3n) is 3.16. The van der Waals surface area contributed by atoms with Gasteiger partial charge in [-0.3, -0.25) is 15.1 Å². The number of benzene rings is 1. The highest BCUT2D eigenvalue weighted by molar-refractivity contribution is 7.10. The minimum Gasteiger partial charge on any atom is -0.428 e. The van der Waals surface area contributed by atoms with Crippen LogP contribution in [0.5, 0.6) is 5.75 Å². The van der Waals surface area contributed by atoms with Crippen molar-refractivity contribution < 1.29 is 27.1 Å². The van der Waals surface area contributed by atoms with Gasteiger partial charge in [0.1, 0.15) is 11.4 Å². The lowest BCUT2D eigenvalue weighted by Crippen LogP contribution is -2.33. The highest BCUT2D eigenvalue weighted by Gasteiger charge is 2.43. The number of alkyl halides is 4. The van der Waals surface area contributed by atoms with E-state index in [1.54, 1.807) is 24.4 Å². The van der Waals surface area contributed by atoms with Gasteiger partial charge in [0.25, 0.3) is 5.91 Å². The van der Waals surface area contributed by atoms with Gasteiger partial charge in [-0.15, -0.1) is 0 Å². The molecule has 1 aromatic carbocycles. The molecule has 0 bridgehead atoms. The average molecular weight is 398 g/mol. The van der Waals surface area contributed by atoms with Crippen LogP contribution in [0.15, 0.2) is 48.7 Å². The summed E-state index contributed by atoms with van der Waals surface area (Å²) in [4.78, 5) is 20.4. The van der Waals surface area contributed by atoms with Crippen molar-refractivity contribution in [3.8, 4) is 17.3 Å². The first-order valence-corrected chi connectivity index (χ1v) is 8.14. The Morgan fingerprint density at radius 1 is 1.15 bits per heavy atom. The van der Waals surface area contributed by atoms with Crippen LogP contribution in [0.1, 0.15) is 10.4 Å². The summed E-state index contributed by atoms with van der Waals surface area (Å²) >= 11 is 0.941. The molecule has 11 heteroatoms. The van der Waals surface area contributed by atoms with Crippen LogP contribution in [-0.2, 0) is 0 Å². The fourth-order valence-electron chi connectivity index (χ4n) is 1.92. The van der Waals surface area contributed by atoms with E-state index in [-0.39, 0.29) is 10.7 Å². The van der Waals surface area contributed by atoms with Crippen LogP contribution in [0, 0.1) is 0 Å². The summed E-state index contributed by atoms with van der Waals surface area (Å²) < 4.78 is 57.9. The van der Waals surface area contributed by atoms with Crippen molar-refractivity contribution in [2.24, 2.45) is 0 Å². The molecule has 0 saturated heterocycles. The molecule has 2 heterocycles. The van der Waals surface area contributed by atoms with Crippen molar-refractivity contribution in [2.45, 2.75) is 12.5 Å². The fraction of sp³-hybridized carbons (Fsp3) is 0.125. The molecule has 0 spiro atoms. The second-order valence-corrected chi connectivity index (χ2v) is 5.83. The van der Waals surface area contributed by atoms with E-state index in [1.807, 2.05) is 0 Å². The van der Waals surface area contributed by atoms with Gasteiger partial charge in [0.2, 0.25) is 5.13 Å². The molecular formula is C16H10F4N4O2S. The smallest absolute Gasteiger partial charge is 0.428 e. The molecule has 3 rings (SSSR count). The molecular weight excluding hydrogens is 388 g/mol. The molecule has 27 heavy (non-hydrogen) atoms. The predicted octanol–water partition coefficient (Wildman–Crippen LogP) is 4.09. The monoisotopic (exact) mass is 398 g/mol. The Balaban J connectivity index is 1.66. The Morgan fingerprint density at radius 3 is 2.52 bits per heavy atom. The van der Waals surface area contributed by atoms with Crippen LogP contribution in [0.2, 0.25) is 0 Å². The van der Waals surface area contributed by atoms with Crippen LogP contribution in [0.4, 0.5) is 22.7 Å². The molecule has 2 aromatic heterocycles. The number of aromatic nitrogens is 3. The number of carbonyl (C=O) groups excluding carboxylic acids is 1. The van der Waals surface area contributed by atoms with Crippen LogP contribution in [0.3, 0.4) is 0 Å². The summed E-state index contributed by atoms with van der Waals surface area (Å²) in [7, 11) is 0. The largest absolute Gasteiger partial charge is 0.461 e. The molecule has 0 saturated carbocycles. The first kappa shape index (κ1) is 18.7. The summed E-state index contributed by atoms with van der Waals surface area (Å²) in [6, 6.07) is 9.52. The number of amides is 1. The normalized spacial score (nSPS) is 11.4. The number of ether oxygens (including phenoxy) is 1. The van der Waals surface area contributed by atoms with Crippen molar-refractivity contribution >= 4 is 22.6 Å². The maximum atomic E-state index is 12.9. The van der Waals surface area contributed by atoms with E-state index < -0.39 is 24.2 Å². The van der Waals surface area contributed by atoms with Crippen molar-refractivity contribution in [1.82, 2.24) is 14.3 Å². The number of nitrogens with zero attached hydrogens (tertiary/aromatic N) is 3. The SMILES string of the molecule is O=C(Nc1nc(-c2ccccn2)ns1)c1ccc(OC(F)(F)C(F)F)cc1. The quantitative estimate of drug-likeness (QED) is 0.633. The molecule has 1 amide bonds. The van der Waals surface area contributed by atoms with Gasteiger partial charge in [-0.1, -0.05) is 6.07 Å². The molecule has 1 N–H and O–H groups in total. The molecule has 0 aliphatic carbocycles. The van der Waals surface area contributed by atoms with Crippen LogP contribution >= 0.6 is 11.5 Å². The number of anilines is 1. The molecule has 0 radical (unpaired) electrons. The first-order valence-electron chi connectivity index (χ1n) is 7.36. The zero-order valence-corrected chi connectivity index (χ0v) is 14.1. The fourth-order valence-corrected chi connectivity index (χ4v) is 2.49. The summed E-state index contributed by atoms with van der Waals surface area (Å²) in [6.45, 7) is 0. The van der Waals surface area contributed by atoms with E-state index in [4.69, 9.17) is 0 Å². The van der Waals surface area contributed by atoms with E-state index >= 15 is 0 Å². The molecule has 0 aliphatic rings. The van der Waals surface area contributed by atoms with Crippen molar-refractivity contribution in [3.63, 3.8) is 0 Å². The summed E-state index contributed by atoms with van der Waals surface area (Å²) in [6.07, 6.45) is -7.00. The molecule has 0 aliphatic heterocycles. The number of pyridine rings is 1. The molecule has 0 unspecified atom stereocenters. The summed E-state index contributed by atoms with van der Waals surface area (Å²) in [5.74, 6) is -0.732. The lowest BCUT2D eigenvalue weighted by molar-refractivity contribution is -0.253. The number of rotatable bonds is 6. The minimum absolute atomic E-state index is 0.0947. The third kappa shape index (κ3) is 4.56. The highest BCUT2D eigenvalue weighted by atomic mass is 32.1. The van der Waals surface area contributed by atoms with Crippen LogP contribution in [0.25, 0.3) is 11.5 Å². The molecule has 6 nitrogen and oxygen atoms in total. The van der Waals surface area contributed by atoms with Gasteiger partial charge in [0, 0.05) is 23.3 Å². The zero-order chi connectivity index (χ0) is 19.4. The molecule has 0 fully saturated rings. The zero-order valence-electron chi connectivity index (χ0n) is 13.3. The second-order valence-electron chi connectivity index (χ2n) is 5.08. The number of halogens is 4. The lowest BCUT2D eigenvalue weighted by Gasteiger charge is -2.16. The first-order chi connectivity index (χ1) is 12.8. The molecule has 3 aromatic rings. The van der Waals surface area contributed by atoms with Crippen molar-refractivity contribution in [2.75, 3.05) is 5.32 Å². The van der Waals surface area contributed by atoms with E-state index in [2.05, 4.69) is 24.4 Å². The van der Waals surface area contributed by atoms with Gasteiger partial charge in [-0.25, -0.2) is 0 Å². The Bertz CT molecular complexity index is 920. The Hall–Kier alpha value is -3.08. The topological polar surface area (TPSA) is 77.0 Å². The Morgan fingerprint density at radius 2 is 1.89 bits per heavy atom. The number of nitrogens with one attached hydrogen (secondary N) is 1. The summed E-state index contributed by atoms with van der Waals surface area (Å²) in [5, 5.41) is 2.72. The second kappa shape index (κ2) is 7.66. The molecule has 140 valence electrons. The Labute approximate surface area is 154 Å². The Kier molecular flexibility index (Phi) is 5.31. The maximum Gasteiger partial charge on any atom is 0.461 e. The number of hydrogen-bond acceptors (Lipinski definition) is 6. The van der Waals surface area contributed by atoms with Crippen LogP contribution < -0.4 is 10.1 Å². The lowest BCUT2D eigenvalue weighted by atomic mass is 10.2. The summed E-state index contributed by atoms with van der Waals surface area (Å²) in [5.41, 5.74) is 0.632. The van der Waals surface area contributed by atoms with E-state index in [0.29, 0.717) is 11.5 Å². The van der Waals surface area contributed by atoms with Gasteiger partial charge in [-0.05, 0) is 36.4 Å². The van der Waals surface area contributed by atoms with E-state index in [1.165, 1.54) is 0 Å². The number of hydrogen-bond donors (Lipinski definition) is 1. The van der Waals surface area contributed by atoms with Crippen molar-refractivity contribution in [1.29, 1.82) is 0 Å². The van der Waals surface area contributed by atoms with E-state index in [0.717, 1.165) is 35.8 Å². The van der Waals surface area contributed by atoms with Crippen LogP contribution in [-0.4, -0.2) is 32.8 Å². The van der Waals surface area contributed by atoms with Gasteiger partial charge >= 0.3 is 12.5 Å². The van der Waals surface area contributed by atoms with Gasteiger partial charge in [0.15, 0.2) is 5.82 Å².